The third-order valence-corrected chi connectivity index (χ3v) is 5.62. The van der Waals surface area contributed by atoms with Crippen LogP contribution >= 0.6 is 47.5 Å². The standard InChI is InChI=1S/C14H27N3S2.HI/c1-5-8-18-9-6-16-14(15-4)17-7-10-19-13(11-17)12(2)3;/h5,12-13H,1,6-11H2,2-4H3,(H,15,16);1H. The summed E-state index contributed by atoms with van der Waals surface area (Å²) in [7, 11) is 1.88. The Labute approximate surface area is 149 Å². The van der Waals surface area contributed by atoms with E-state index < -0.39 is 0 Å². The van der Waals surface area contributed by atoms with E-state index in [9.17, 15) is 0 Å². The first-order valence-corrected chi connectivity index (χ1v) is 9.15. The van der Waals surface area contributed by atoms with E-state index >= 15 is 0 Å². The lowest BCUT2D eigenvalue weighted by Gasteiger charge is -2.36. The van der Waals surface area contributed by atoms with Gasteiger partial charge in [0.25, 0.3) is 0 Å². The maximum absolute atomic E-state index is 4.42. The van der Waals surface area contributed by atoms with Crippen molar-refractivity contribution in [2.45, 2.75) is 19.1 Å². The highest BCUT2D eigenvalue weighted by atomic mass is 127. The monoisotopic (exact) mass is 429 g/mol. The minimum absolute atomic E-state index is 0. The van der Waals surface area contributed by atoms with Crippen LogP contribution in [0.15, 0.2) is 17.6 Å². The fraction of sp³-hybridized carbons (Fsp3) is 0.786. The molecule has 1 heterocycles. The average molecular weight is 429 g/mol. The summed E-state index contributed by atoms with van der Waals surface area (Å²) < 4.78 is 0. The molecule has 1 fully saturated rings. The predicted octanol–water partition coefficient (Wildman–Crippen LogP) is 3.17. The molecule has 0 aliphatic carbocycles. The van der Waals surface area contributed by atoms with Gasteiger partial charge >= 0.3 is 0 Å². The van der Waals surface area contributed by atoms with Gasteiger partial charge in [-0.15, -0.1) is 30.6 Å². The van der Waals surface area contributed by atoms with Gasteiger partial charge in [-0.2, -0.15) is 23.5 Å². The SMILES string of the molecule is C=CCSCCNC(=NC)N1CCSC(C(C)C)C1.I. The third-order valence-electron chi connectivity index (χ3n) is 3.11. The average Bonchev–Trinajstić information content (AvgIpc) is 2.43. The molecule has 0 aromatic carbocycles. The number of thioether (sulfide) groups is 2. The quantitative estimate of drug-likeness (QED) is 0.231. The lowest BCUT2D eigenvalue weighted by atomic mass is 10.1. The predicted molar refractivity (Wildman–Crippen MR) is 107 cm³/mol. The number of hydrogen-bond donors (Lipinski definition) is 1. The van der Waals surface area contributed by atoms with Gasteiger partial charge in [0.05, 0.1) is 0 Å². The Morgan fingerprint density at radius 3 is 2.95 bits per heavy atom. The Hall–Kier alpha value is 0.440. The number of hydrogen-bond acceptors (Lipinski definition) is 3. The van der Waals surface area contributed by atoms with Crippen LogP contribution in [-0.2, 0) is 0 Å². The van der Waals surface area contributed by atoms with E-state index in [1.54, 1.807) is 0 Å². The maximum Gasteiger partial charge on any atom is 0.193 e. The molecule has 0 amide bonds. The smallest absolute Gasteiger partial charge is 0.193 e. The first-order chi connectivity index (χ1) is 9.19. The van der Waals surface area contributed by atoms with Crippen LogP contribution < -0.4 is 5.32 Å². The Morgan fingerprint density at radius 2 is 2.35 bits per heavy atom. The minimum atomic E-state index is 0. The number of nitrogens with one attached hydrogen (secondary N) is 1. The van der Waals surface area contributed by atoms with E-state index in [-0.39, 0.29) is 24.0 Å². The van der Waals surface area contributed by atoms with Crippen LogP contribution in [0.4, 0.5) is 0 Å². The highest BCUT2D eigenvalue weighted by molar-refractivity contribution is 14.0. The van der Waals surface area contributed by atoms with Crippen molar-refractivity contribution in [2.75, 3.05) is 43.9 Å². The fourth-order valence-corrected chi connectivity index (χ4v) is 3.88. The Morgan fingerprint density at radius 1 is 1.60 bits per heavy atom. The molecule has 1 rings (SSSR count). The van der Waals surface area contributed by atoms with Crippen molar-refractivity contribution < 1.29 is 0 Å². The Kier molecular flexibility index (Phi) is 12.3. The van der Waals surface area contributed by atoms with Crippen molar-refractivity contribution in [1.82, 2.24) is 10.2 Å². The zero-order valence-electron chi connectivity index (χ0n) is 12.8. The van der Waals surface area contributed by atoms with E-state index in [0.29, 0.717) is 0 Å². The molecule has 0 aromatic heterocycles. The molecule has 20 heavy (non-hydrogen) atoms. The summed E-state index contributed by atoms with van der Waals surface area (Å²) in [6, 6.07) is 0. The molecule has 118 valence electrons. The molecule has 1 N–H and O–H groups in total. The molecule has 1 aliphatic heterocycles. The van der Waals surface area contributed by atoms with Crippen LogP contribution in [0.25, 0.3) is 0 Å². The second-order valence-electron chi connectivity index (χ2n) is 4.94. The summed E-state index contributed by atoms with van der Waals surface area (Å²) >= 11 is 4.00. The van der Waals surface area contributed by atoms with E-state index in [1.165, 1.54) is 5.75 Å². The normalized spacial score (nSPS) is 19.7. The van der Waals surface area contributed by atoms with E-state index in [4.69, 9.17) is 0 Å². The van der Waals surface area contributed by atoms with Gasteiger partial charge in [0.2, 0.25) is 0 Å². The molecule has 3 nitrogen and oxygen atoms in total. The molecule has 1 unspecified atom stereocenters. The second-order valence-corrected chi connectivity index (χ2v) is 7.43. The maximum atomic E-state index is 4.42. The van der Waals surface area contributed by atoms with E-state index in [1.807, 2.05) is 24.9 Å². The van der Waals surface area contributed by atoms with Crippen molar-refractivity contribution in [3.63, 3.8) is 0 Å². The van der Waals surface area contributed by atoms with Crippen LogP contribution in [0.3, 0.4) is 0 Å². The summed E-state index contributed by atoms with van der Waals surface area (Å²) in [5.41, 5.74) is 0. The molecule has 1 atom stereocenters. The van der Waals surface area contributed by atoms with Gasteiger partial charge in [-0.1, -0.05) is 19.9 Å². The lowest BCUT2D eigenvalue weighted by molar-refractivity contribution is 0.382. The molecule has 0 spiro atoms. The summed E-state index contributed by atoms with van der Waals surface area (Å²) in [6.45, 7) is 11.5. The first-order valence-electron chi connectivity index (χ1n) is 6.94. The van der Waals surface area contributed by atoms with Crippen molar-refractivity contribution >= 4 is 53.5 Å². The third kappa shape index (κ3) is 7.45. The molecule has 6 heteroatoms. The molecular weight excluding hydrogens is 401 g/mol. The summed E-state index contributed by atoms with van der Waals surface area (Å²) in [4.78, 5) is 6.82. The van der Waals surface area contributed by atoms with Gasteiger partial charge < -0.3 is 10.2 Å². The van der Waals surface area contributed by atoms with Crippen molar-refractivity contribution in [3.8, 4) is 0 Å². The van der Waals surface area contributed by atoms with Gasteiger partial charge in [-0.3, -0.25) is 4.99 Å². The first kappa shape index (κ1) is 20.4. The van der Waals surface area contributed by atoms with Gasteiger partial charge in [0, 0.05) is 49.2 Å². The number of guanidine groups is 1. The van der Waals surface area contributed by atoms with Crippen LogP contribution in [0.1, 0.15) is 13.8 Å². The van der Waals surface area contributed by atoms with Crippen molar-refractivity contribution in [1.29, 1.82) is 0 Å². The number of aliphatic imine (C=N–C) groups is 1. The summed E-state index contributed by atoms with van der Waals surface area (Å²) in [5.74, 6) is 5.12. The second kappa shape index (κ2) is 12.0. The Bertz CT molecular complexity index is 298. The Balaban J connectivity index is 0.00000361. The zero-order valence-corrected chi connectivity index (χ0v) is 16.8. The fourth-order valence-electron chi connectivity index (χ4n) is 2.01. The van der Waals surface area contributed by atoms with Gasteiger partial charge in [0.1, 0.15) is 0 Å². The van der Waals surface area contributed by atoms with Crippen LogP contribution in [0, 0.1) is 5.92 Å². The number of halogens is 1. The van der Waals surface area contributed by atoms with Crippen molar-refractivity contribution in [3.05, 3.63) is 12.7 Å². The number of nitrogens with zero attached hydrogens (tertiary/aromatic N) is 2. The van der Waals surface area contributed by atoms with Gasteiger partial charge in [-0.05, 0) is 5.92 Å². The molecule has 0 aromatic rings. The molecule has 0 saturated carbocycles. The molecule has 1 saturated heterocycles. The number of rotatable bonds is 6. The minimum Gasteiger partial charge on any atom is -0.355 e. The largest absolute Gasteiger partial charge is 0.355 e. The molecular formula is C14H28IN3S2. The van der Waals surface area contributed by atoms with Gasteiger partial charge in [-0.25, -0.2) is 0 Å². The van der Waals surface area contributed by atoms with Crippen molar-refractivity contribution in [2.24, 2.45) is 10.9 Å². The lowest BCUT2D eigenvalue weighted by Crippen LogP contribution is -2.49. The van der Waals surface area contributed by atoms with Crippen LogP contribution in [-0.4, -0.2) is 60.0 Å². The van der Waals surface area contributed by atoms with E-state index in [0.717, 1.165) is 48.3 Å². The molecule has 0 bridgehead atoms. The summed E-state index contributed by atoms with van der Waals surface area (Å²) in [5, 5.41) is 4.19. The summed E-state index contributed by atoms with van der Waals surface area (Å²) in [6.07, 6.45) is 1.95. The molecule has 1 aliphatic rings. The zero-order chi connectivity index (χ0) is 14.1. The van der Waals surface area contributed by atoms with Gasteiger partial charge in [0.15, 0.2) is 5.96 Å². The topological polar surface area (TPSA) is 27.6 Å². The van der Waals surface area contributed by atoms with Crippen LogP contribution in [0.5, 0.6) is 0 Å². The highest BCUT2D eigenvalue weighted by Crippen LogP contribution is 2.24. The van der Waals surface area contributed by atoms with E-state index in [2.05, 4.69) is 47.4 Å². The highest BCUT2D eigenvalue weighted by Gasteiger charge is 2.24. The molecule has 0 radical (unpaired) electrons. The van der Waals surface area contributed by atoms with Crippen LogP contribution in [0.2, 0.25) is 0 Å².